The minimum absolute atomic E-state index is 0.167. The third-order valence-electron chi connectivity index (χ3n) is 7.18. The Bertz CT molecular complexity index is 1500. The highest BCUT2D eigenvalue weighted by Crippen LogP contribution is 2.38. The predicted octanol–water partition coefficient (Wildman–Crippen LogP) is 7.25. The van der Waals surface area contributed by atoms with Gasteiger partial charge in [-0.3, -0.25) is 9.59 Å². The lowest BCUT2D eigenvalue weighted by atomic mass is 9.87. The van der Waals surface area contributed by atoms with Crippen LogP contribution in [0, 0.1) is 19.8 Å². The molecule has 40 heavy (non-hydrogen) atoms. The second-order valence-corrected chi connectivity index (χ2v) is 11.0. The number of aryl methyl sites for hydroxylation is 2. The van der Waals surface area contributed by atoms with Crippen molar-refractivity contribution in [3.63, 3.8) is 0 Å². The zero-order valence-corrected chi connectivity index (χ0v) is 23.6. The molecule has 1 aliphatic rings. The SMILES string of the molecule is Cc1ccc(C2c3cc(OCc4ccc(C(=O)Nc5cccc(C)c5)o4)ccc3CCN2C(=O)CC(C)C)cc1. The smallest absolute Gasteiger partial charge is 0.291 e. The first-order chi connectivity index (χ1) is 19.3. The largest absolute Gasteiger partial charge is 0.486 e. The van der Waals surface area contributed by atoms with E-state index in [9.17, 15) is 9.59 Å². The summed E-state index contributed by atoms with van der Waals surface area (Å²) in [6, 6.07) is 25.4. The Morgan fingerprint density at radius 1 is 0.975 bits per heavy atom. The van der Waals surface area contributed by atoms with Crippen LogP contribution in [0.15, 0.2) is 83.3 Å². The Hall–Kier alpha value is -4.32. The molecular weight excluding hydrogens is 500 g/mol. The van der Waals surface area contributed by atoms with E-state index < -0.39 is 0 Å². The van der Waals surface area contributed by atoms with Crippen LogP contribution < -0.4 is 10.1 Å². The molecule has 1 N–H and O–H groups in total. The van der Waals surface area contributed by atoms with Crippen molar-refractivity contribution in [3.05, 3.63) is 118 Å². The summed E-state index contributed by atoms with van der Waals surface area (Å²) in [5.41, 5.74) is 6.37. The summed E-state index contributed by atoms with van der Waals surface area (Å²) in [4.78, 5) is 28.0. The van der Waals surface area contributed by atoms with Crippen LogP contribution in [0.3, 0.4) is 0 Å². The summed E-state index contributed by atoms with van der Waals surface area (Å²) < 4.78 is 11.9. The highest BCUT2D eigenvalue weighted by atomic mass is 16.5. The number of hydrogen-bond donors (Lipinski definition) is 1. The van der Waals surface area contributed by atoms with E-state index in [1.54, 1.807) is 12.1 Å². The highest BCUT2D eigenvalue weighted by Gasteiger charge is 2.32. The Labute approximate surface area is 236 Å². The molecule has 1 atom stereocenters. The quantitative estimate of drug-likeness (QED) is 0.257. The monoisotopic (exact) mass is 536 g/mol. The van der Waals surface area contributed by atoms with Crippen molar-refractivity contribution in [3.8, 4) is 5.75 Å². The standard InChI is InChI=1S/C34H36N2O4/c1-22(2)18-32(37)36-17-16-25-12-13-28(20-30(25)33(36)26-10-8-23(3)9-11-26)39-21-29-14-15-31(40-29)34(38)35-27-7-5-6-24(4)19-27/h5-15,19-20,22,33H,16-18,21H2,1-4H3,(H,35,38). The number of hydrogen-bond acceptors (Lipinski definition) is 4. The predicted molar refractivity (Wildman–Crippen MR) is 157 cm³/mol. The Morgan fingerprint density at radius 2 is 1.77 bits per heavy atom. The van der Waals surface area contributed by atoms with E-state index in [1.165, 1.54) is 11.1 Å². The molecule has 0 saturated heterocycles. The highest BCUT2D eigenvalue weighted by molar-refractivity contribution is 6.02. The van der Waals surface area contributed by atoms with Crippen molar-refractivity contribution in [2.24, 2.45) is 5.92 Å². The normalized spacial score (nSPS) is 14.6. The lowest BCUT2D eigenvalue weighted by Crippen LogP contribution is -2.41. The lowest BCUT2D eigenvalue weighted by molar-refractivity contribution is -0.134. The van der Waals surface area contributed by atoms with E-state index >= 15 is 0 Å². The van der Waals surface area contributed by atoms with Gasteiger partial charge in [0.05, 0.1) is 6.04 Å². The topological polar surface area (TPSA) is 71.8 Å². The fraction of sp³-hybridized carbons (Fsp3) is 0.294. The summed E-state index contributed by atoms with van der Waals surface area (Å²) in [7, 11) is 0. The van der Waals surface area contributed by atoms with Gasteiger partial charge in [0.25, 0.3) is 5.91 Å². The molecule has 6 heteroatoms. The minimum Gasteiger partial charge on any atom is -0.486 e. The van der Waals surface area contributed by atoms with E-state index in [-0.39, 0.29) is 30.2 Å². The van der Waals surface area contributed by atoms with E-state index in [1.807, 2.05) is 48.2 Å². The number of benzene rings is 3. The molecule has 0 bridgehead atoms. The van der Waals surface area contributed by atoms with Gasteiger partial charge in [-0.15, -0.1) is 0 Å². The zero-order chi connectivity index (χ0) is 28.2. The van der Waals surface area contributed by atoms with Gasteiger partial charge in [-0.05, 0) is 84.8 Å². The molecule has 0 saturated carbocycles. The molecule has 0 radical (unpaired) electrons. The molecule has 206 valence electrons. The number of carbonyl (C=O) groups excluding carboxylic acids is 2. The van der Waals surface area contributed by atoms with Crippen LogP contribution in [0.4, 0.5) is 5.69 Å². The Morgan fingerprint density at radius 3 is 2.52 bits per heavy atom. The number of fused-ring (bicyclic) bond motifs is 1. The van der Waals surface area contributed by atoms with Crippen molar-refractivity contribution < 1.29 is 18.7 Å². The lowest BCUT2D eigenvalue weighted by Gasteiger charge is -2.38. The average Bonchev–Trinajstić information content (AvgIpc) is 3.41. The summed E-state index contributed by atoms with van der Waals surface area (Å²) in [6.07, 6.45) is 1.32. The number of ether oxygens (including phenoxy) is 1. The first-order valence-corrected chi connectivity index (χ1v) is 13.8. The van der Waals surface area contributed by atoms with Gasteiger partial charge >= 0.3 is 0 Å². The van der Waals surface area contributed by atoms with Gasteiger partial charge in [0, 0.05) is 18.7 Å². The maximum absolute atomic E-state index is 13.3. The van der Waals surface area contributed by atoms with Crippen molar-refractivity contribution in [1.82, 2.24) is 4.90 Å². The van der Waals surface area contributed by atoms with Crippen LogP contribution in [-0.4, -0.2) is 23.3 Å². The second-order valence-electron chi connectivity index (χ2n) is 11.0. The van der Waals surface area contributed by atoms with E-state index in [0.29, 0.717) is 30.4 Å². The fourth-order valence-electron chi connectivity index (χ4n) is 5.17. The first kappa shape index (κ1) is 27.3. The number of amides is 2. The first-order valence-electron chi connectivity index (χ1n) is 13.8. The third-order valence-corrected chi connectivity index (χ3v) is 7.18. The molecule has 1 aromatic heterocycles. The van der Waals surface area contributed by atoms with Crippen molar-refractivity contribution >= 4 is 17.5 Å². The molecule has 4 aromatic rings. The molecule has 0 spiro atoms. The van der Waals surface area contributed by atoms with Crippen LogP contribution >= 0.6 is 0 Å². The number of anilines is 1. The van der Waals surface area contributed by atoms with Crippen LogP contribution in [0.5, 0.6) is 5.75 Å². The van der Waals surface area contributed by atoms with E-state index in [4.69, 9.17) is 9.15 Å². The van der Waals surface area contributed by atoms with Crippen molar-refractivity contribution in [2.75, 3.05) is 11.9 Å². The van der Waals surface area contributed by atoms with Gasteiger partial charge in [0.2, 0.25) is 5.91 Å². The summed E-state index contributed by atoms with van der Waals surface area (Å²) in [5.74, 6) is 1.62. The summed E-state index contributed by atoms with van der Waals surface area (Å²) >= 11 is 0. The van der Waals surface area contributed by atoms with Crippen LogP contribution in [0.25, 0.3) is 0 Å². The van der Waals surface area contributed by atoms with Gasteiger partial charge in [0.15, 0.2) is 5.76 Å². The van der Waals surface area contributed by atoms with Crippen molar-refractivity contribution in [2.45, 2.75) is 53.2 Å². The van der Waals surface area contributed by atoms with Gasteiger partial charge in [-0.2, -0.15) is 0 Å². The molecule has 5 rings (SSSR count). The van der Waals surface area contributed by atoms with Crippen LogP contribution in [0.1, 0.15) is 70.4 Å². The number of carbonyl (C=O) groups is 2. The fourth-order valence-corrected chi connectivity index (χ4v) is 5.17. The molecule has 1 aliphatic heterocycles. The number of furan rings is 1. The zero-order valence-electron chi connectivity index (χ0n) is 23.6. The Kier molecular flexibility index (Phi) is 8.06. The van der Waals surface area contributed by atoms with Gasteiger partial charge in [0.1, 0.15) is 18.1 Å². The minimum atomic E-state index is -0.308. The Balaban J connectivity index is 1.33. The molecule has 3 aromatic carbocycles. The molecule has 2 heterocycles. The van der Waals surface area contributed by atoms with Crippen molar-refractivity contribution in [1.29, 1.82) is 0 Å². The summed E-state index contributed by atoms with van der Waals surface area (Å²) in [5, 5.41) is 2.86. The maximum Gasteiger partial charge on any atom is 0.291 e. The molecule has 0 aliphatic carbocycles. The van der Waals surface area contributed by atoms with E-state index in [0.717, 1.165) is 28.8 Å². The van der Waals surface area contributed by atoms with Gasteiger partial charge in [-0.25, -0.2) is 0 Å². The maximum atomic E-state index is 13.3. The molecule has 2 amide bonds. The molecule has 1 unspecified atom stereocenters. The summed E-state index contributed by atoms with van der Waals surface area (Å²) in [6.45, 7) is 9.07. The van der Waals surface area contributed by atoms with Gasteiger partial charge < -0.3 is 19.4 Å². The number of rotatable bonds is 8. The number of nitrogens with one attached hydrogen (secondary N) is 1. The number of nitrogens with zero attached hydrogens (tertiary/aromatic N) is 1. The molecule has 6 nitrogen and oxygen atoms in total. The molecular formula is C34H36N2O4. The second kappa shape index (κ2) is 11.8. The average molecular weight is 537 g/mol. The van der Waals surface area contributed by atoms with Crippen LogP contribution in [0.2, 0.25) is 0 Å². The van der Waals surface area contributed by atoms with Crippen LogP contribution in [-0.2, 0) is 17.8 Å². The molecule has 0 fully saturated rings. The van der Waals surface area contributed by atoms with E-state index in [2.05, 4.69) is 56.4 Å². The van der Waals surface area contributed by atoms with Gasteiger partial charge in [-0.1, -0.05) is 61.9 Å². The third kappa shape index (κ3) is 6.28.